The van der Waals surface area contributed by atoms with Crippen LogP contribution in [0.3, 0.4) is 0 Å². The molecule has 0 spiro atoms. The highest BCUT2D eigenvalue weighted by molar-refractivity contribution is 7.32. The number of nitrogens with one attached hydrogen (secondary N) is 1. The van der Waals surface area contributed by atoms with Crippen molar-refractivity contribution in [2.24, 2.45) is 0 Å². The summed E-state index contributed by atoms with van der Waals surface area (Å²) in [5, 5.41) is 12.6. The fraction of sp³-hybridized carbons (Fsp3) is 0.458. The number of pyridine rings is 1. The molecule has 198 valence electrons. The van der Waals surface area contributed by atoms with Crippen molar-refractivity contribution in [3.8, 4) is 0 Å². The monoisotopic (exact) mass is 547 g/mol. The topological polar surface area (TPSA) is 145 Å². The van der Waals surface area contributed by atoms with Crippen LogP contribution < -0.4 is 5.32 Å². The van der Waals surface area contributed by atoms with Crippen molar-refractivity contribution in [2.75, 3.05) is 11.9 Å². The van der Waals surface area contributed by atoms with Gasteiger partial charge < -0.3 is 24.2 Å². The molecule has 3 N–H and O–H groups in total. The number of carbonyl (C=O) groups excluding carboxylic acids is 1. The van der Waals surface area contributed by atoms with Gasteiger partial charge in [0.2, 0.25) is 0 Å². The van der Waals surface area contributed by atoms with Crippen LogP contribution in [-0.4, -0.2) is 63.7 Å². The van der Waals surface area contributed by atoms with E-state index in [0.717, 1.165) is 0 Å². The van der Waals surface area contributed by atoms with Gasteiger partial charge in [0.05, 0.1) is 18.5 Å². The Morgan fingerprint density at radius 1 is 1.19 bits per heavy atom. The van der Waals surface area contributed by atoms with E-state index in [4.69, 9.17) is 13.7 Å². The molecule has 2 aromatic heterocycles. The molecule has 0 aliphatic carbocycles. The standard InChI is InChI=1S/C24H31N4O7PSi/c1-24(2,3)37(4,5)35-20-19(34-36(31)32)17(13-29)33-23(20)28-14-26-18-16(28)11-12-25-21(18)27-22(30)15-9-7-6-8-10-15/h6-12,14,17,19-20,23,29H,13H2,1-5H3,(H-,25,27,30,31,32)/p+1/t17-,19-,20-,23-/m1/s1. The molecule has 1 aromatic carbocycles. The summed E-state index contributed by atoms with van der Waals surface area (Å²) >= 11 is 0. The van der Waals surface area contributed by atoms with E-state index in [1.165, 1.54) is 6.33 Å². The predicted octanol–water partition coefficient (Wildman–Crippen LogP) is 4.00. The van der Waals surface area contributed by atoms with Gasteiger partial charge in [0, 0.05) is 16.3 Å². The Kier molecular flexibility index (Phi) is 7.91. The number of aliphatic hydroxyl groups excluding tert-OH is 1. The molecule has 13 heteroatoms. The zero-order chi connectivity index (χ0) is 27.0. The number of hydrogen-bond donors (Lipinski definition) is 3. The van der Waals surface area contributed by atoms with Crippen molar-refractivity contribution >= 4 is 39.3 Å². The van der Waals surface area contributed by atoms with Gasteiger partial charge in [-0.25, -0.2) is 9.97 Å². The molecule has 3 aromatic rings. The van der Waals surface area contributed by atoms with E-state index in [2.05, 4.69) is 49.1 Å². The van der Waals surface area contributed by atoms with Gasteiger partial charge in [0.25, 0.3) is 5.91 Å². The lowest BCUT2D eigenvalue weighted by Crippen LogP contribution is -2.49. The van der Waals surface area contributed by atoms with E-state index in [0.29, 0.717) is 16.6 Å². The van der Waals surface area contributed by atoms with E-state index in [-0.39, 0.29) is 16.8 Å². The van der Waals surface area contributed by atoms with E-state index in [9.17, 15) is 19.4 Å². The molecule has 0 saturated carbocycles. The molecule has 0 radical (unpaired) electrons. The van der Waals surface area contributed by atoms with Crippen molar-refractivity contribution in [1.82, 2.24) is 14.5 Å². The Hall–Kier alpha value is -2.57. The smallest absolute Gasteiger partial charge is 0.406 e. The van der Waals surface area contributed by atoms with Gasteiger partial charge in [-0.2, -0.15) is 0 Å². The Morgan fingerprint density at radius 3 is 2.51 bits per heavy atom. The summed E-state index contributed by atoms with van der Waals surface area (Å²) in [6.45, 7) is 9.91. The number of benzene rings is 1. The van der Waals surface area contributed by atoms with Crippen LogP contribution in [-0.2, 0) is 18.3 Å². The number of anilines is 1. The van der Waals surface area contributed by atoms with Crippen molar-refractivity contribution < 1.29 is 33.0 Å². The molecule has 3 heterocycles. The lowest BCUT2D eigenvalue weighted by molar-refractivity contribution is -0.0484. The van der Waals surface area contributed by atoms with Crippen molar-refractivity contribution in [3.05, 3.63) is 54.5 Å². The van der Waals surface area contributed by atoms with Crippen LogP contribution in [0.25, 0.3) is 11.0 Å². The molecule has 1 amide bonds. The first kappa shape index (κ1) is 27.5. The van der Waals surface area contributed by atoms with Crippen molar-refractivity contribution in [3.63, 3.8) is 0 Å². The highest BCUT2D eigenvalue weighted by Gasteiger charge is 2.54. The summed E-state index contributed by atoms with van der Waals surface area (Å²) in [5.41, 5.74) is 1.50. The maximum atomic E-state index is 12.7. The summed E-state index contributed by atoms with van der Waals surface area (Å²) in [7, 11) is -5.39. The average molecular weight is 548 g/mol. The Morgan fingerprint density at radius 2 is 1.89 bits per heavy atom. The second kappa shape index (κ2) is 10.7. The van der Waals surface area contributed by atoms with Gasteiger partial charge in [-0.05, 0) is 36.3 Å². The van der Waals surface area contributed by atoms with Crippen LogP contribution in [0.1, 0.15) is 37.4 Å². The second-order valence-corrected chi connectivity index (χ2v) is 15.8. The quantitative estimate of drug-likeness (QED) is 0.281. The van der Waals surface area contributed by atoms with Gasteiger partial charge >= 0.3 is 8.25 Å². The van der Waals surface area contributed by atoms with Crippen molar-refractivity contribution in [1.29, 1.82) is 0 Å². The van der Waals surface area contributed by atoms with Crippen LogP contribution in [0, 0.1) is 0 Å². The number of carbonyl (C=O) groups is 1. The number of ether oxygens (including phenoxy) is 1. The highest BCUT2D eigenvalue weighted by Crippen LogP contribution is 2.44. The third-order valence-electron chi connectivity index (χ3n) is 6.95. The third-order valence-corrected chi connectivity index (χ3v) is 11.8. The summed E-state index contributed by atoms with van der Waals surface area (Å²) in [5.74, 6) is -0.0538. The number of imidazole rings is 1. The molecule has 37 heavy (non-hydrogen) atoms. The fourth-order valence-corrected chi connectivity index (χ4v) is 5.73. The number of rotatable bonds is 8. The summed E-state index contributed by atoms with van der Waals surface area (Å²) in [4.78, 5) is 31.0. The Labute approximate surface area is 216 Å². The average Bonchev–Trinajstić information content (AvgIpc) is 3.40. The number of aliphatic hydroxyl groups is 1. The first-order valence-corrected chi connectivity index (χ1v) is 15.9. The highest BCUT2D eigenvalue weighted by atomic mass is 31.1. The Balaban J connectivity index is 1.72. The molecular weight excluding hydrogens is 515 g/mol. The molecule has 1 fully saturated rings. The molecule has 1 aliphatic heterocycles. The number of hydrogen-bond acceptors (Lipinski definition) is 8. The van der Waals surface area contributed by atoms with Crippen LogP contribution in [0.4, 0.5) is 5.82 Å². The minimum absolute atomic E-state index is 0.170. The molecule has 1 saturated heterocycles. The normalized spacial score (nSPS) is 22.8. The lowest BCUT2D eigenvalue weighted by atomic mass is 10.1. The molecule has 4 rings (SSSR count). The molecule has 1 unspecified atom stereocenters. The van der Waals surface area contributed by atoms with Crippen LogP contribution in [0.5, 0.6) is 0 Å². The maximum absolute atomic E-state index is 12.7. The fourth-order valence-electron chi connectivity index (χ4n) is 3.98. The van der Waals surface area contributed by atoms with Crippen molar-refractivity contribution in [2.45, 2.75) is 63.4 Å². The van der Waals surface area contributed by atoms with Crippen LogP contribution in [0.2, 0.25) is 18.1 Å². The van der Waals surface area contributed by atoms with Gasteiger partial charge in [0.1, 0.15) is 17.7 Å². The summed E-state index contributed by atoms with van der Waals surface area (Å²) in [6.07, 6.45) is -0.445. The van der Waals surface area contributed by atoms with Crippen LogP contribution >= 0.6 is 8.25 Å². The SMILES string of the molecule is CC(C)(C)[Si](C)(C)O[C@@H]1[C@H](O[P+](=O)O)[C@@H](CO)O[C@H]1n1cnc2c(NC(=O)c3ccccc3)nccc21. The predicted molar refractivity (Wildman–Crippen MR) is 140 cm³/mol. The molecular formula is C24H32N4O7PSi+. The van der Waals surface area contributed by atoms with E-state index in [1.54, 1.807) is 41.1 Å². The number of aromatic nitrogens is 3. The molecule has 0 bridgehead atoms. The number of fused-ring (bicyclic) bond motifs is 1. The largest absolute Gasteiger partial charge is 0.695 e. The third kappa shape index (κ3) is 5.65. The summed E-state index contributed by atoms with van der Waals surface area (Å²) < 4.78 is 31.5. The zero-order valence-electron chi connectivity index (χ0n) is 21.4. The lowest BCUT2D eigenvalue weighted by Gasteiger charge is -2.40. The molecule has 1 aliphatic rings. The van der Waals surface area contributed by atoms with Gasteiger partial charge in [-0.3, -0.25) is 4.79 Å². The maximum Gasteiger partial charge on any atom is 0.695 e. The number of nitrogens with zero attached hydrogens (tertiary/aromatic N) is 3. The van der Waals surface area contributed by atoms with E-state index < -0.39 is 47.7 Å². The summed E-state index contributed by atoms with van der Waals surface area (Å²) in [6, 6.07) is 10.5. The molecule has 5 atom stereocenters. The first-order valence-electron chi connectivity index (χ1n) is 11.9. The minimum atomic E-state index is -2.98. The van der Waals surface area contributed by atoms with Gasteiger partial charge in [0.15, 0.2) is 26.5 Å². The van der Waals surface area contributed by atoms with Gasteiger partial charge in [-0.15, -0.1) is 9.42 Å². The van der Waals surface area contributed by atoms with Gasteiger partial charge in [-0.1, -0.05) is 39.0 Å². The van der Waals surface area contributed by atoms with E-state index in [1.807, 2.05) is 6.07 Å². The molecule has 11 nitrogen and oxygen atoms in total. The zero-order valence-corrected chi connectivity index (χ0v) is 23.3. The first-order chi connectivity index (χ1) is 17.4. The minimum Gasteiger partial charge on any atom is -0.406 e. The Bertz CT molecular complexity index is 1280. The number of amides is 1. The van der Waals surface area contributed by atoms with Crippen LogP contribution in [0.15, 0.2) is 48.9 Å². The van der Waals surface area contributed by atoms with E-state index >= 15 is 0 Å². The second-order valence-electron chi connectivity index (χ2n) is 10.4.